The number of methoxy groups -OCH3 is 1. The molecule has 0 saturated heterocycles. The van der Waals surface area contributed by atoms with Crippen molar-refractivity contribution in [2.45, 2.75) is 6.18 Å². The highest BCUT2D eigenvalue weighted by atomic mass is 19.4. The van der Waals surface area contributed by atoms with Crippen LogP contribution in [0.25, 0.3) is 10.8 Å². The first-order chi connectivity index (χ1) is 12.4. The fourth-order valence-corrected chi connectivity index (χ4v) is 2.11. The van der Waals surface area contributed by atoms with E-state index in [1.807, 2.05) is 18.2 Å². The molecular weight excluding hydrogens is 353 g/mol. The molecule has 0 spiro atoms. The maximum atomic E-state index is 12.0. The van der Waals surface area contributed by atoms with E-state index in [-0.39, 0.29) is 6.61 Å². The van der Waals surface area contributed by atoms with Crippen LogP contribution in [0.4, 0.5) is 13.2 Å². The Morgan fingerprint density at radius 1 is 1.27 bits per heavy atom. The zero-order valence-electron chi connectivity index (χ0n) is 13.6. The molecule has 26 heavy (non-hydrogen) atoms. The lowest BCUT2D eigenvalue weighted by Gasteiger charge is -2.13. The number of esters is 1. The van der Waals surface area contributed by atoms with Gasteiger partial charge in [0.25, 0.3) is 0 Å². The summed E-state index contributed by atoms with van der Waals surface area (Å²) in [6, 6.07) is 8.94. The molecule has 0 amide bonds. The number of ether oxygens (including phenoxy) is 3. The second-order valence-electron chi connectivity index (χ2n) is 4.94. The van der Waals surface area contributed by atoms with Gasteiger partial charge in [0.15, 0.2) is 11.5 Å². The second-order valence-corrected chi connectivity index (χ2v) is 4.94. The molecule has 138 valence electrons. The first kappa shape index (κ1) is 19.1. The molecule has 0 aliphatic carbocycles. The van der Waals surface area contributed by atoms with Crippen LogP contribution >= 0.6 is 0 Å². The summed E-state index contributed by atoms with van der Waals surface area (Å²) in [6.07, 6.45) is -1.84. The van der Waals surface area contributed by atoms with Crippen molar-refractivity contribution in [1.82, 2.24) is 0 Å². The highest BCUT2D eigenvalue weighted by Crippen LogP contribution is 2.36. The Bertz CT molecular complexity index is 848. The highest BCUT2D eigenvalue weighted by molar-refractivity contribution is 5.95. The van der Waals surface area contributed by atoms with Crippen LogP contribution in [0.1, 0.15) is 5.56 Å². The van der Waals surface area contributed by atoms with Crippen molar-refractivity contribution in [2.24, 2.45) is 10.9 Å². The van der Waals surface area contributed by atoms with Crippen molar-refractivity contribution in [3.05, 3.63) is 48.2 Å². The number of alkyl halides is 3. The fraction of sp³-hybridized carbons (Fsp3) is 0.176. The van der Waals surface area contributed by atoms with Crippen LogP contribution in [0.3, 0.4) is 0 Å². The summed E-state index contributed by atoms with van der Waals surface area (Å²) in [5, 5.41) is 5.01. The van der Waals surface area contributed by atoms with Gasteiger partial charge in [-0.1, -0.05) is 18.2 Å². The van der Waals surface area contributed by atoms with E-state index in [0.717, 1.165) is 17.0 Å². The number of nitrogens with zero attached hydrogens (tertiary/aromatic N) is 1. The average Bonchev–Trinajstić information content (AvgIpc) is 2.60. The van der Waals surface area contributed by atoms with Crippen molar-refractivity contribution < 1.29 is 32.2 Å². The molecule has 0 heterocycles. The lowest BCUT2D eigenvalue weighted by Crippen LogP contribution is -2.23. The van der Waals surface area contributed by atoms with E-state index >= 15 is 0 Å². The van der Waals surface area contributed by atoms with Crippen LogP contribution in [0.15, 0.2) is 47.8 Å². The normalized spacial score (nSPS) is 12.0. The summed E-state index contributed by atoms with van der Waals surface area (Å²) in [5.41, 5.74) is 0.729. The van der Waals surface area contributed by atoms with Crippen molar-refractivity contribution >= 4 is 23.0 Å². The minimum Gasteiger partial charge on any atom is -0.493 e. The Kier molecular flexibility index (Phi) is 6.05. The predicted molar refractivity (Wildman–Crippen MR) is 89.1 cm³/mol. The molecule has 2 aromatic rings. The van der Waals surface area contributed by atoms with Gasteiger partial charge in [-0.15, -0.1) is 0 Å². The van der Waals surface area contributed by atoms with Crippen LogP contribution in [0.5, 0.6) is 11.5 Å². The van der Waals surface area contributed by atoms with Crippen LogP contribution in [-0.4, -0.2) is 32.1 Å². The average molecular weight is 368 g/mol. The summed E-state index contributed by atoms with van der Waals surface area (Å²) in [7, 11) is 1.46. The molecule has 0 fully saturated rings. The number of hydrogen-bond donors (Lipinski definition) is 1. The largest absolute Gasteiger partial charge is 0.493 e. The number of rotatable bonds is 6. The first-order valence-electron chi connectivity index (χ1n) is 7.26. The second kappa shape index (κ2) is 8.24. The van der Waals surface area contributed by atoms with Gasteiger partial charge >= 0.3 is 12.1 Å². The molecule has 2 N–H and O–H groups in total. The molecule has 6 nitrogen and oxygen atoms in total. The SMILES string of the molecule is COc1ccc2ccc(/C=N/N)cc2c1OC/C=C/OC(=O)C(F)(F)F. The van der Waals surface area contributed by atoms with Gasteiger partial charge in [0.2, 0.25) is 0 Å². The molecule has 0 atom stereocenters. The molecule has 0 radical (unpaired) electrons. The van der Waals surface area contributed by atoms with E-state index in [1.165, 1.54) is 13.3 Å². The lowest BCUT2D eigenvalue weighted by molar-refractivity contribution is -0.193. The summed E-state index contributed by atoms with van der Waals surface area (Å²) in [5.74, 6) is 3.66. The van der Waals surface area contributed by atoms with E-state index < -0.39 is 12.1 Å². The van der Waals surface area contributed by atoms with Crippen molar-refractivity contribution in [3.63, 3.8) is 0 Å². The van der Waals surface area contributed by atoms with Crippen LogP contribution < -0.4 is 15.3 Å². The Morgan fingerprint density at radius 3 is 2.65 bits per heavy atom. The summed E-state index contributed by atoms with van der Waals surface area (Å²) >= 11 is 0. The number of hydrazone groups is 1. The number of carbonyl (C=O) groups excluding carboxylic acids is 1. The Balaban J connectivity index is 2.19. The summed E-state index contributed by atoms with van der Waals surface area (Å²) < 4.78 is 50.9. The lowest BCUT2D eigenvalue weighted by atomic mass is 10.1. The summed E-state index contributed by atoms with van der Waals surface area (Å²) in [4.78, 5) is 10.6. The van der Waals surface area contributed by atoms with E-state index in [1.54, 1.807) is 12.1 Å². The van der Waals surface area contributed by atoms with Gasteiger partial charge < -0.3 is 20.1 Å². The topological polar surface area (TPSA) is 83.1 Å². The van der Waals surface area contributed by atoms with Crippen molar-refractivity contribution in [1.29, 1.82) is 0 Å². The summed E-state index contributed by atoms with van der Waals surface area (Å²) in [6.45, 7) is -0.143. The van der Waals surface area contributed by atoms with Gasteiger partial charge in [0.1, 0.15) is 6.61 Å². The van der Waals surface area contributed by atoms with Gasteiger partial charge in [-0.05, 0) is 29.2 Å². The predicted octanol–water partition coefficient (Wildman–Crippen LogP) is 3.14. The monoisotopic (exact) mass is 368 g/mol. The molecule has 0 saturated carbocycles. The number of benzene rings is 2. The molecule has 2 aromatic carbocycles. The Hall–Kier alpha value is -3.23. The first-order valence-corrected chi connectivity index (χ1v) is 7.26. The molecule has 0 bridgehead atoms. The third-order valence-electron chi connectivity index (χ3n) is 3.23. The van der Waals surface area contributed by atoms with E-state index in [0.29, 0.717) is 23.1 Å². The number of fused-ring (bicyclic) bond motifs is 1. The molecular formula is C17H15F3N2O4. The Morgan fingerprint density at radius 2 is 2.00 bits per heavy atom. The molecule has 0 aliphatic rings. The smallest absolute Gasteiger partial charge is 0.491 e. The quantitative estimate of drug-likeness (QED) is 0.278. The third kappa shape index (κ3) is 4.65. The maximum absolute atomic E-state index is 12.0. The third-order valence-corrected chi connectivity index (χ3v) is 3.23. The standard InChI is InChI=1S/C17H15F3N2O4/c1-24-14-6-5-12-4-3-11(10-22-21)9-13(12)15(14)25-7-2-8-26-16(23)17(18,19)20/h2-6,8-10H,7,21H2,1H3/b8-2+,22-10+. The van der Waals surface area contributed by atoms with E-state index in [9.17, 15) is 18.0 Å². The Labute approximate surface area is 146 Å². The highest BCUT2D eigenvalue weighted by Gasteiger charge is 2.40. The fourth-order valence-electron chi connectivity index (χ4n) is 2.11. The zero-order chi connectivity index (χ0) is 19.2. The molecule has 9 heteroatoms. The maximum Gasteiger partial charge on any atom is 0.491 e. The van der Waals surface area contributed by atoms with Gasteiger partial charge in [0.05, 0.1) is 19.6 Å². The molecule has 2 rings (SSSR count). The molecule has 0 unspecified atom stereocenters. The van der Waals surface area contributed by atoms with Gasteiger partial charge in [-0.2, -0.15) is 18.3 Å². The number of halogens is 3. The minimum atomic E-state index is -5.05. The zero-order valence-corrected chi connectivity index (χ0v) is 13.6. The van der Waals surface area contributed by atoms with Crippen molar-refractivity contribution in [2.75, 3.05) is 13.7 Å². The number of nitrogens with two attached hydrogens (primary N) is 1. The number of hydrogen-bond acceptors (Lipinski definition) is 6. The molecule has 0 aliphatic heterocycles. The van der Waals surface area contributed by atoms with E-state index in [2.05, 4.69) is 9.84 Å². The van der Waals surface area contributed by atoms with Gasteiger partial charge in [-0.3, -0.25) is 0 Å². The minimum absolute atomic E-state index is 0.143. The van der Waals surface area contributed by atoms with E-state index in [4.69, 9.17) is 15.3 Å². The van der Waals surface area contributed by atoms with Gasteiger partial charge in [0, 0.05) is 5.39 Å². The van der Waals surface area contributed by atoms with Crippen molar-refractivity contribution in [3.8, 4) is 11.5 Å². The molecule has 0 aromatic heterocycles. The van der Waals surface area contributed by atoms with Crippen LogP contribution in [0, 0.1) is 0 Å². The van der Waals surface area contributed by atoms with Crippen LogP contribution in [0.2, 0.25) is 0 Å². The number of carbonyl (C=O) groups is 1. The van der Waals surface area contributed by atoms with Crippen LogP contribution in [-0.2, 0) is 9.53 Å². The van der Waals surface area contributed by atoms with Gasteiger partial charge in [-0.25, -0.2) is 4.79 Å².